The first-order valence-corrected chi connectivity index (χ1v) is 8.70. The number of piperidine rings is 1. The maximum Gasteiger partial charge on any atom is 0.410 e. The zero-order valence-corrected chi connectivity index (χ0v) is 15.5. The van der Waals surface area contributed by atoms with Gasteiger partial charge in [0.2, 0.25) is 0 Å². The Morgan fingerprint density at radius 1 is 1.24 bits per heavy atom. The fraction of sp³-hybridized carbons (Fsp3) is 0.579. The van der Waals surface area contributed by atoms with E-state index in [1.54, 1.807) is 4.90 Å². The molecule has 138 valence electrons. The molecular weight excluding hydrogens is 320 g/mol. The molecule has 1 heterocycles. The van der Waals surface area contributed by atoms with Crippen molar-refractivity contribution in [1.82, 2.24) is 10.2 Å². The van der Waals surface area contributed by atoms with Crippen molar-refractivity contribution in [1.29, 1.82) is 0 Å². The summed E-state index contributed by atoms with van der Waals surface area (Å²) in [7, 11) is 0. The van der Waals surface area contributed by atoms with Gasteiger partial charge in [-0.2, -0.15) is 0 Å². The van der Waals surface area contributed by atoms with E-state index in [-0.39, 0.29) is 24.7 Å². The topological polar surface area (TPSA) is 67.9 Å². The average molecular weight is 348 g/mol. The Kier molecular flexibility index (Phi) is 6.28. The Morgan fingerprint density at radius 3 is 2.56 bits per heavy atom. The number of alkyl carbamates (subject to hydrolysis) is 1. The summed E-state index contributed by atoms with van der Waals surface area (Å²) in [6.07, 6.45) is -0.00123. The van der Waals surface area contributed by atoms with Gasteiger partial charge >= 0.3 is 12.2 Å². The van der Waals surface area contributed by atoms with E-state index in [1.165, 1.54) is 0 Å². The highest BCUT2D eigenvalue weighted by Gasteiger charge is 2.32. The lowest BCUT2D eigenvalue weighted by molar-refractivity contribution is 0.0143. The van der Waals surface area contributed by atoms with Crippen LogP contribution in [0, 0.1) is 5.92 Å². The Hall–Kier alpha value is -2.24. The summed E-state index contributed by atoms with van der Waals surface area (Å²) in [5.41, 5.74) is 0.405. The molecule has 2 rings (SSSR count). The number of nitrogens with zero attached hydrogens (tertiary/aromatic N) is 1. The molecule has 0 saturated carbocycles. The van der Waals surface area contributed by atoms with Crippen LogP contribution in [-0.4, -0.2) is 41.8 Å². The molecule has 1 fully saturated rings. The maximum absolute atomic E-state index is 12.2. The van der Waals surface area contributed by atoms with E-state index < -0.39 is 11.7 Å². The number of likely N-dealkylation sites (tertiary alicyclic amines) is 1. The molecule has 0 aliphatic carbocycles. The molecule has 0 unspecified atom stereocenters. The number of amides is 2. The predicted octanol–water partition coefficient (Wildman–Crippen LogP) is 3.56. The fourth-order valence-corrected chi connectivity index (χ4v) is 2.67. The summed E-state index contributed by atoms with van der Waals surface area (Å²) in [6.45, 7) is 8.87. The summed E-state index contributed by atoms with van der Waals surface area (Å²) in [6, 6.07) is 9.38. The minimum atomic E-state index is -0.530. The summed E-state index contributed by atoms with van der Waals surface area (Å²) < 4.78 is 10.7. The Balaban J connectivity index is 1.84. The van der Waals surface area contributed by atoms with E-state index in [2.05, 4.69) is 12.2 Å². The third kappa shape index (κ3) is 6.29. The van der Waals surface area contributed by atoms with E-state index in [0.29, 0.717) is 13.1 Å². The SMILES string of the molecule is C[C@@H]1CCN(C(=O)OC(C)(C)C)C[C@@H]1NC(=O)OCc1ccccc1. The van der Waals surface area contributed by atoms with Gasteiger partial charge in [-0.15, -0.1) is 0 Å². The van der Waals surface area contributed by atoms with E-state index in [4.69, 9.17) is 9.47 Å². The van der Waals surface area contributed by atoms with Crippen LogP contribution in [0.2, 0.25) is 0 Å². The number of hydrogen-bond acceptors (Lipinski definition) is 4. The van der Waals surface area contributed by atoms with Crippen LogP contribution in [0.25, 0.3) is 0 Å². The van der Waals surface area contributed by atoms with Crippen LogP contribution in [0.3, 0.4) is 0 Å². The largest absolute Gasteiger partial charge is 0.445 e. The van der Waals surface area contributed by atoms with Crippen molar-refractivity contribution < 1.29 is 19.1 Å². The molecule has 1 aromatic rings. The van der Waals surface area contributed by atoms with Crippen molar-refractivity contribution in [2.24, 2.45) is 5.92 Å². The third-order valence-electron chi connectivity index (χ3n) is 4.13. The van der Waals surface area contributed by atoms with Crippen LogP contribution >= 0.6 is 0 Å². The van der Waals surface area contributed by atoms with Gasteiger partial charge in [0.25, 0.3) is 0 Å². The van der Waals surface area contributed by atoms with Gasteiger partial charge in [-0.3, -0.25) is 0 Å². The molecule has 0 spiro atoms. The van der Waals surface area contributed by atoms with Crippen LogP contribution in [0.5, 0.6) is 0 Å². The Bertz CT molecular complexity index is 583. The zero-order valence-electron chi connectivity index (χ0n) is 15.5. The van der Waals surface area contributed by atoms with Crippen LogP contribution in [0.1, 0.15) is 39.7 Å². The minimum absolute atomic E-state index is 0.149. The van der Waals surface area contributed by atoms with E-state index in [0.717, 1.165) is 12.0 Å². The molecule has 0 radical (unpaired) electrons. The van der Waals surface area contributed by atoms with Crippen LogP contribution in [0.15, 0.2) is 30.3 Å². The highest BCUT2D eigenvalue weighted by atomic mass is 16.6. The van der Waals surface area contributed by atoms with Gasteiger partial charge in [0.15, 0.2) is 0 Å². The van der Waals surface area contributed by atoms with Gasteiger partial charge in [0.1, 0.15) is 12.2 Å². The number of nitrogens with one attached hydrogen (secondary N) is 1. The van der Waals surface area contributed by atoms with Crippen molar-refractivity contribution in [2.45, 2.75) is 52.4 Å². The summed E-state index contributed by atoms with van der Waals surface area (Å²) in [4.78, 5) is 25.9. The standard InChI is InChI=1S/C19H28N2O4/c1-14-10-11-21(18(23)25-19(2,3)4)12-16(14)20-17(22)24-13-15-8-6-5-7-9-15/h5-9,14,16H,10-13H2,1-4H3,(H,20,22)/t14-,16+/m1/s1. The number of carbonyl (C=O) groups excluding carboxylic acids is 2. The lowest BCUT2D eigenvalue weighted by Gasteiger charge is -2.37. The van der Waals surface area contributed by atoms with Crippen molar-refractivity contribution in [3.63, 3.8) is 0 Å². The Labute approximate surface area is 149 Å². The van der Waals surface area contributed by atoms with Gasteiger partial charge in [-0.05, 0) is 38.7 Å². The first kappa shape index (κ1) is 19.1. The smallest absolute Gasteiger partial charge is 0.410 e. The molecule has 1 aliphatic rings. The van der Waals surface area contributed by atoms with E-state index >= 15 is 0 Å². The van der Waals surface area contributed by atoms with Crippen LogP contribution < -0.4 is 5.32 Å². The van der Waals surface area contributed by atoms with E-state index in [1.807, 2.05) is 51.1 Å². The fourth-order valence-electron chi connectivity index (χ4n) is 2.67. The molecule has 25 heavy (non-hydrogen) atoms. The second-order valence-corrected chi connectivity index (χ2v) is 7.50. The van der Waals surface area contributed by atoms with Crippen molar-refractivity contribution >= 4 is 12.2 Å². The van der Waals surface area contributed by atoms with Gasteiger partial charge in [0, 0.05) is 13.1 Å². The van der Waals surface area contributed by atoms with Crippen LogP contribution in [0.4, 0.5) is 9.59 Å². The molecule has 0 bridgehead atoms. The summed E-state index contributed by atoms with van der Waals surface area (Å²) >= 11 is 0. The Morgan fingerprint density at radius 2 is 1.92 bits per heavy atom. The number of ether oxygens (including phenoxy) is 2. The second-order valence-electron chi connectivity index (χ2n) is 7.50. The summed E-state index contributed by atoms with van der Waals surface area (Å²) in [5, 5.41) is 2.88. The summed E-state index contributed by atoms with van der Waals surface area (Å²) in [5.74, 6) is 0.267. The molecule has 6 heteroatoms. The maximum atomic E-state index is 12.2. The molecular formula is C19H28N2O4. The lowest BCUT2D eigenvalue weighted by Crippen LogP contribution is -2.54. The van der Waals surface area contributed by atoms with Gasteiger partial charge < -0.3 is 19.7 Å². The van der Waals surface area contributed by atoms with Crippen molar-refractivity contribution in [2.75, 3.05) is 13.1 Å². The number of rotatable bonds is 3. The second kappa shape index (κ2) is 8.23. The van der Waals surface area contributed by atoms with E-state index in [9.17, 15) is 9.59 Å². The molecule has 0 aromatic heterocycles. The normalized spacial score (nSPS) is 20.7. The first-order valence-electron chi connectivity index (χ1n) is 8.70. The molecule has 1 N–H and O–H groups in total. The molecule has 1 aromatic carbocycles. The lowest BCUT2D eigenvalue weighted by atomic mass is 9.94. The molecule has 1 saturated heterocycles. The zero-order chi connectivity index (χ0) is 18.4. The number of benzene rings is 1. The first-order chi connectivity index (χ1) is 11.7. The molecule has 2 amide bonds. The molecule has 2 atom stereocenters. The molecule has 6 nitrogen and oxygen atoms in total. The number of hydrogen-bond donors (Lipinski definition) is 1. The van der Waals surface area contributed by atoms with Gasteiger partial charge in [-0.25, -0.2) is 9.59 Å². The monoisotopic (exact) mass is 348 g/mol. The minimum Gasteiger partial charge on any atom is -0.445 e. The third-order valence-corrected chi connectivity index (χ3v) is 4.13. The highest BCUT2D eigenvalue weighted by molar-refractivity contribution is 5.69. The molecule has 1 aliphatic heterocycles. The quantitative estimate of drug-likeness (QED) is 0.907. The van der Waals surface area contributed by atoms with Crippen molar-refractivity contribution in [3.8, 4) is 0 Å². The van der Waals surface area contributed by atoms with Gasteiger partial charge in [-0.1, -0.05) is 37.3 Å². The highest BCUT2D eigenvalue weighted by Crippen LogP contribution is 2.20. The predicted molar refractivity (Wildman–Crippen MR) is 95.1 cm³/mol. The number of carbonyl (C=O) groups is 2. The average Bonchev–Trinajstić information content (AvgIpc) is 2.54. The van der Waals surface area contributed by atoms with Crippen LogP contribution in [-0.2, 0) is 16.1 Å². The van der Waals surface area contributed by atoms with Crippen molar-refractivity contribution in [3.05, 3.63) is 35.9 Å². The van der Waals surface area contributed by atoms with Gasteiger partial charge in [0.05, 0.1) is 6.04 Å².